The van der Waals surface area contributed by atoms with Gasteiger partial charge >= 0.3 is 6.03 Å². The zero-order valence-electron chi connectivity index (χ0n) is 14.6. The highest BCUT2D eigenvalue weighted by molar-refractivity contribution is 7.15. The van der Waals surface area contributed by atoms with Crippen LogP contribution in [0.1, 0.15) is 17.7 Å². The molecule has 1 aliphatic rings. The van der Waals surface area contributed by atoms with Crippen LogP contribution in [0, 0.1) is 12.8 Å². The number of aromatic nitrogens is 3. The van der Waals surface area contributed by atoms with Crippen LogP contribution in [0.25, 0.3) is 10.7 Å². The Balaban J connectivity index is 1.55. The lowest BCUT2D eigenvalue weighted by Gasteiger charge is -2.32. The van der Waals surface area contributed by atoms with Gasteiger partial charge in [0.05, 0.1) is 4.88 Å². The van der Waals surface area contributed by atoms with E-state index >= 15 is 0 Å². The van der Waals surface area contributed by atoms with Crippen LogP contribution in [0.2, 0.25) is 0 Å². The largest absolute Gasteiger partial charge is 0.331 e. The molecule has 0 atom stereocenters. The third-order valence-corrected chi connectivity index (χ3v) is 5.22. The number of nitrogens with one attached hydrogen (secondary N) is 2. The van der Waals surface area contributed by atoms with E-state index in [-0.39, 0.29) is 23.8 Å². The maximum absolute atomic E-state index is 12.4. The fraction of sp³-hybridized carbons (Fsp3) is 0.500. The van der Waals surface area contributed by atoms with Gasteiger partial charge in [0.25, 0.3) is 0 Å². The lowest BCUT2D eigenvalue weighted by molar-refractivity contribution is -0.121. The van der Waals surface area contributed by atoms with E-state index in [0.717, 1.165) is 4.88 Å². The van der Waals surface area contributed by atoms with Gasteiger partial charge in [-0.05, 0) is 31.9 Å². The topological polar surface area (TPSA) is 94.2 Å². The molecule has 134 valence electrons. The number of piperidine rings is 1. The molecule has 2 N–H and O–H groups in total. The van der Waals surface area contributed by atoms with E-state index < -0.39 is 0 Å². The number of amides is 3. The first-order valence-electron chi connectivity index (χ1n) is 8.20. The fourth-order valence-electron chi connectivity index (χ4n) is 2.82. The first-order chi connectivity index (χ1) is 11.9. The summed E-state index contributed by atoms with van der Waals surface area (Å²) in [6, 6.07) is 3.98. The van der Waals surface area contributed by atoms with E-state index in [0.29, 0.717) is 31.8 Å². The number of hydrogen-bond donors (Lipinski definition) is 2. The molecule has 0 aromatic carbocycles. The average Bonchev–Trinajstić information content (AvgIpc) is 3.23. The zero-order chi connectivity index (χ0) is 18.0. The van der Waals surface area contributed by atoms with Gasteiger partial charge < -0.3 is 9.80 Å². The predicted octanol–water partition coefficient (Wildman–Crippen LogP) is 2.17. The minimum absolute atomic E-state index is 0.0105. The molecule has 0 saturated carbocycles. The SMILES string of the molecule is Cc1ccc(-c2nc(NC(=O)C3CCN(C(=O)N(C)C)CC3)n[nH]2)s1. The number of nitrogens with zero attached hydrogens (tertiary/aromatic N) is 4. The van der Waals surface area contributed by atoms with Crippen LogP contribution in [-0.2, 0) is 4.79 Å². The normalized spacial score (nSPS) is 15.2. The fourth-order valence-corrected chi connectivity index (χ4v) is 3.62. The number of H-pyrrole nitrogens is 1. The van der Waals surface area contributed by atoms with Crippen LogP contribution in [-0.4, -0.2) is 64.1 Å². The Hall–Kier alpha value is -2.42. The van der Waals surface area contributed by atoms with Gasteiger partial charge in [0, 0.05) is 38.0 Å². The summed E-state index contributed by atoms with van der Waals surface area (Å²) >= 11 is 1.62. The van der Waals surface area contributed by atoms with Crippen molar-refractivity contribution in [2.24, 2.45) is 5.92 Å². The molecule has 0 unspecified atom stereocenters. The number of aromatic amines is 1. The Bertz CT molecular complexity index is 760. The molecule has 1 fully saturated rings. The standard InChI is InChI=1S/C16H22N6O2S/c1-10-4-5-12(25-10)13-17-15(20-19-13)18-14(23)11-6-8-22(9-7-11)16(24)21(2)3/h4-5,11H,6-9H2,1-3H3,(H2,17,18,19,20,23). The van der Waals surface area contributed by atoms with E-state index in [9.17, 15) is 9.59 Å². The lowest BCUT2D eigenvalue weighted by Crippen LogP contribution is -2.45. The van der Waals surface area contributed by atoms with Crippen molar-refractivity contribution in [1.82, 2.24) is 25.0 Å². The Morgan fingerprint density at radius 3 is 2.64 bits per heavy atom. The zero-order valence-corrected chi connectivity index (χ0v) is 15.4. The molecular formula is C16H22N6O2S. The Kier molecular flexibility index (Phi) is 5.03. The van der Waals surface area contributed by atoms with E-state index in [1.807, 2.05) is 19.1 Å². The van der Waals surface area contributed by atoms with E-state index in [2.05, 4.69) is 20.5 Å². The van der Waals surface area contributed by atoms with Gasteiger partial charge in [0.2, 0.25) is 11.9 Å². The Morgan fingerprint density at radius 2 is 2.04 bits per heavy atom. The number of likely N-dealkylation sites (tertiary alicyclic amines) is 1. The molecule has 1 aliphatic heterocycles. The highest BCUT2D eigenvalue weighted by Crippen LogP contribution is 2.25. The van der Waals surface area contributed by atoms with Crippen molar-refractivity contribution in [2.45, 2.75) is 19.8 Å². The summed E-state index contributed by atoms with van der Waals surface area (Å²) < 4.78 is 0. The van der Waals surface area contributed by atoms with Crippen molar-refractivity contribution >= 4 is 29.2 Å². The second-order valence-corrected chi connectivity index (χ2v) is 7.63. The maximum Gasteiger partial charge on any atom is 0.319 e. The number of urea groups is 1. The first-order valence-corrected chi connectivity index (χ1v) is 9.02. The number of rotatable bonds is 3. The minimum atomic E-state index is -0.128. The van der Waals surface area contributed by atoms with Gasteiger partial charge in [-0.25, -0.2) is 4.79 Å². The van der Waals surface area contributed by atoms with Crippen molar-refractivity contribution in [1.29, 1.82) is 0 Å². The van der Waals surface area contributed by atoms with E-state index in [4.69, 9.17) is 0 Å². The molecule has 3 heterocycles. The summed E-state index contributed by atoms with van der Waals surface area (Å²) in [6.45, 7) is 3.20. The molecule has 2 aromatic rings. The number of carbonyl (C=O) groups is 2. The molecular weight excluding hydrogens is 340 g/mol. The molecule has 0 bridgehead atoms. The second-order valence-electron chi connectivity index (χ2n) is 6.35. The van der Waals surface area contributed by atoms with Crippen molar-refractivity contribution in [2.75, 3.05) is 32.5 Å². The number of aryl methyl sites for hydroxylation is 1. The summed E-state index contributed by atoms with van der Waals surface area (Å²) in [7, 11) is 3.47. The summed E-state index contributed by atoms with van der Waals surface area (Å²) in [6.07, 6.45) is 1.29. The van der Waals surface area contributed by atoms with Crippen LogP contribution in [0.4, 0.5) is 10.7 Å². The average molecular weight is 362 g/mol. The van der Waals surface area contributed by atoms with Crippen LogP contribution in [0.15, 0.2) is 12.1 Å². The summed E-state index contributed by atoms with van der Waals surface area (Å²) in [5.74, 6) is 0.722. The quantitative estimate of drug-likeness (QED) is 0.875. The van der Waals surface area contributed by atoms with Crippen molar-refractivity contribution in [3.8, 4) is 10.7 Å². The molecule has 8 nitrogen and oxygen atoms in total. The van der Waals surface area contributed by atoms with Gasteiger partial charge in [-0.1, -0.05) is 0 Å². The molecule has 9 heteroatoms. The summed E-state index contributed by atoms with van der Waals surface area (Å²) in [4.78, 5) is 34.2. The molecule has 1 saturated heterocycles. The summed E-state index contributed by atoms with van der Waals surface area (Å²) in [5.41, 5.74) is 0. The molecule has 0 aliphatic carbocycles. The molecule has 0 spiro atoms. The van der Waals surface area contributed by atoms with Gasteiger partial charge in [-0.3, -0.25) is 15.2 Å². The second kappa shape index (κ2) is 7.22. The van der Waals surface area contributed by atoms with E-state index in [1.54, 1.807) is 35.2 Å². The highest BCUT2D eigenvalue weighted by Gasteiger charge is 2.28. The Labute approximate surface area is 150 Å². The van der Waals surface area contributed by atoms with Crippen LogP contribution in [0.3, 0.4) is 0 Å². The predicted molar refractivity (Wildman–Crippen MR) is 96.4 cm³/mol. The monoisotopic (exact) mass is 362 g/mol. The Morgan fingerprint density at radius 1 is 1.32 bits per heavy atom. The molecule has 3 rings (SSSR count). The van der Waals surface area contributed by atoms with Gasteiger partial charge in [-0.15, -0.1) is 16.4 Å². The highest BCUT2D eigenvalue weighted by atomic mass is 32.1. The van der Waals surface area contributed by atoms with Crippen molar-refractivity contribution < 1.29 is 9.59 Å². The van der Waals surface area contributed by atoms with Gasteiger partial charge in [0.15, 0.2) is 5.82 Å². The molecule has 3 amide bonds. The third kappa shape index (κ3) is 3.98. The van der Waals surface area contributed by atoms with Crippen molar-refractivity contribution in [3.63, 3.8) is 0 Å². The number of thiophene rings is 1. The van der Waals surface area contributed by atoms with Gasteiger partial charge in [-0.2, -0.15) is 4.98 Å². The van der Waals surface area contributed by atoms with Crippen molar-refractivity contribution in [3.05, 3.63) is 17.0 Å². The number of hydrogen-bond acceptors (Lipinski definition) is 5. The maximum atomic E-state index is 12.4. The van der Waals surface area contributed by atoms with Crippen LogP contribution in [0.5, 0.6) is 0 Å². The van der Waals surface area contributed by atoms with Crippen LogP contribution < -0.4 is 5.32 Å². The summed E-state index contributed by atoms with van der Waals surface area (Å²) in [5, 5.41) is 9.70. The van der Waals surface area contributed by atoms with Crippen LogP contribution >= 0.6 is 11.3 Å². The number of carbonyl (C=O) groups excluding carboxylic acids is 2. The number of anilines is 1. The third-order valence-electron chi connectivity index (χ3n) is 4.21. The smallest absolute Gasteiger partial charge is 0.319 e. The molecule has 2 aromatic heterocycles. The molecule has 0 radical (unpaired) electrons. The lowest BCUT2D eigenvalue weighted by atomic mass is 9.96. The molecule has 25 heavy (non-hydrogen) atoms. The van der Waals surface area contributed by atoms with E-state index in [1.165, 1.54) is 4.88 Å². The minimum Gasteiger partial charge on any atom is -0.331 e. The first kappa shape index (κ1) is 17.4. The van der Waals surface area contributed by atoms with Gasteiger partial charge in [0.1, 0.15) is 0 Å².